The number of hydrogen-bond donors (Lipinski definition) is 1. The highest BCUT2D eigenvalue weighted by atomic mass is 127. The number of amides is 2. The van der Waals surface area contributed by atoms with Crippen LogP contribution in [0, 0.1) is 23.3 Å². The fourth-order valence-electron chi connectivity index (χ4n) is 2.82. The van der Waals surface area contributed by atoms with Gasteiger partial charge in [-0.1, -0.05) is 18.2 Å². The van der Waals surface area contributed by atoms with Crippen molar-refractivity contribution in [3.05, 3.63) is 57.2 Å². The van der Waals surface area contributed by atoms with Gasteiger partial charge in [-0.2, -0.15) is 0 Å². The molecule has 2 aromatic carbocycles. The number of carbonyl (C=O) groups excluding carboxylic acids is 2. The van der Waals surface area contributed by atoms with E-state index in [0.717, 1.165) is 20.5 Å². The summed E-state index contributed by atoms with van der Waals surface area (Å²) in [7, 11) is 0. The average molecular weight is 434 g/mol. The molecule has 1 N–H and O–H groups in total. The molecule has 1 heterocycles. The van der Waals surface area contributed by atoms with E-state index in [0.29, 0.717) is 6.54 Å². The second kappa shape index (κ2) is 6.93. The summed E-state index contributed by atoms with van der Waals surface area (Å²) in [4.78, 5) is 26.6. The first kappa shape index (κ1) is 17.0. The molecule has 0 aliphatic carbocycles. The van der Waals surface area contributed by atoms with Crippen molar-refractivity contribution in [2.24, 2.45) is 5.92 Å². The molecule has 0 spiro atoms. The van der Waals surface area contributed by atoms with E-state index in [-0.39, 0.29) is 24.2 Å². The van der Waals surface area contributed by atoms with Crippen LogP contribution in [0.4, 0.5) is 11.4 Å². The van der Waals surface area contributed by atoms with Gasteiger partial charge in [0.2, 0.25) is 11.8 Å². The van der Waals surface area contributed by atoms with Gasteiger partial charge < -0.3 is 10.2 Å². The zero-order valence-corrected chi connectivity index (χ0v) is 15.8. The lowest BCUT2D eigenvalue weighted by atomic mass is 10.1. The highest BCUT2D eigenvalue weighted by Crippen LogP contribution is 2.28. The molecule has 0 bridgehead atoms. The molecular formula is C19H19IN2O2. The summed E-state index contributed by atoms with van der Waals surface area (Å²) in [6.07, 6.45) is 0.252. The number of nitrogens with one attached hydrogen (secondary N) is 1. The van der Waals surface area contributed by atoms with Crippen LogP contribution in [0.1, 0.15) is 17.5 Å². The summed E-state index contributed by atoms with van der Waals surface area (Å²) in [5, 5.41) is 2.94. The first-order valence-electron chi connectivity index (χ1n) is 7.88. The topological polar surface area (TPSA) is 49.4 Å². The van der Waals surface area contributed by atoms with Crippen molar-refractivity contribution in [2.45, 2.75) is 20.3 Å². The predicted octanol–water partition coefficient (Wildman–Crippen LogP) is 3.90. The second-order valence-electron chi connectivity index (χ2n) is 6.14. The van der Waals surface area contributed by atoms with Gasteiger partial charge >= 0.3 is 0 Å². The van der Waals surface area contributed by atoms with Gasteiger partial charge in [0.25, 0.3) is 0 Å². The molecule has 1 aliphatic rings. The third-order valence-corrected chi connectivity index (χ3v) is 5.37. The second-order valence-corrected chi connectivity index (χ2v) is 7.31. The van der Waals surface area contributed by atoms with Gasteiger partial charge in [0.05, 0.1) is 11.6 Å². The van der Waals surface area contributed by atoms with Crippen LogP contribution in [-0.2, 0) is 9.59 Å². The van der Waals surface area contributed by atoms with E-state index >= 15 is 0 Å². The first-order chi connectivity index (χ1) is 11.5. The van der Waals surface area contributed by atoms with Crippen molar-refractivity contribution in [3.8, 4) is 0 Å². The lowest BCUT2D eigenvalue weighted by molar-refractivity contribution is -0.122. The molecule has 1 aliphatic heterocycles. The lowest BCUT2D eigenvalue weighted by Crippen LogP contribution is -2.28. The molecule has 0 radical (unpaired) electrons. The normalized spacial score (nSPS) is 17.2. The molecule has 5 heteroatoms. The summed E-state index contributed by atoms with van der Waals surface area (Å²) < 4.78 is 0.985. The predicted molar refractivity (Wildman–Crippen MR) is 104 cm³/mol. The fraction of sp³-hybridized carbons (Fsp3) is 0.263. The zero-order chi connectivity index (χ0) is 17.3. The van der Waals surface area contributed by atoms with Crippen LogP contribution in [0.15, 0.2) is 42.5 Å². The minimum atomic E-state index is -0.324. The van der Waals surface area contributed by atoms with Crippen molar-refractivity contribution in [1.82, 2.24) is 0 Å². The Morgan fingerprint density at radius 2 is 1.92 bits per heavy atom. The van der Waals surface area contributed by atoms with E-state index in [1.54, 1.807) is 4.90 Å². The van der Waals surface area contributed by atoms with Crippen molar-refractivity contribution < 1.29 is 9.59 Å². The van der Waals surface area contributed by atoms with Gasteiger partial charge in [-0.05, 0) is 71.8 Å². The molecule has 1 fully saturated rings. The minimum Gasteiger partial charge on any atom is -0.325 e. The maximum Gasteiger partial charge on any atom is 0.229 e. The number of rotatable bonds is 3. The highest BCUT2D eigenvalue weighted by molar-refractivity contribution is 14.1. The average Bonchev–Trinajstić information content (AvgIpc) is 2.94. The van der Waals surface area contributed by atoms with Crippen LogP contribution in [0.3, 0.4) is 0 Å². The molecule has 4 nitrogen and oxygen atoms in total. The van der Waals surface area contributed by atoms with Crippen LogP contribution in [-0.4, -0.2) is 18.4 Å². The Kier molecular flexibility index (Phi) is 4.89. The van der Waals surface area contributed by atoms with Crippen LogP contribution in [0.5, 0.6) is 0 Å². The molecule has 0 unspecified atom stereocenters. The summed E-state index contributed by atoms with van der Waals surface area (Å²) in [6.45, 7) is 4.50. The number of halogens is 1. The Morgan fingerprint density at radius 1 is 1.17 bits per heavy atom. The third-order valence-electron chi connectivity index (χ3n) is 4.43. The van der Waals surface area contributed by atoms with Crippen molar-refractivity contribution >= 4 is 45.8 Å². The fourth-order valence-corrected chi connectivity index (χ4v) is 3.35. The smallest absolute Gasteiger partial charge is 0.229 e. The molecule has 0 saturated carbocycles. The quantitative estimate of drug-likeness (QED) is 0.746. The maximum atomic E-state index is 12.5. The summed E-state index contributed by atoms with van der Waals surface area (Å²) in [5.74, 6) is -0.421. The van der Waals surface area contributed by atoms with E-state index in [9.17, 15) is 9.59 Å². The number of carbonyl (C=O) groups is 2. The van der Waals surface area contributed by atoms with Crippen LogP contribution < -0.4 is 10.2 Å². The minimum absolute atomic E-state index is 0.00108. The molecule has 124 valence electrons. The molecule has 0 aromatic heterocycles. The Hall–Kier alpha value is -1.89. The SMILES string of the molecule is Cc1ccc(N2C[C@@H](C(=O)Nc3ccccc3I)CC2=O)cc1C. The molecule has 3 rings (SSSR count). The number of nitrogens with zero attached hydrogens (tertiary/aromatic N) is 1. The number of para-hydroxylation sites is 1. The Balaban J connectivity index is 1.73. The highest BCUT2D eigenvalue weighted by Gasteiger charge is 2.35. The Labute approximate surface area is 155 Å². The summed E-state index contributed by atoms with van der Waals surface area (Å²) in [6, 6.07) is 13.6. The third kappa shape index (κ3) is 3.45. The standard InChI is InChI=1S/C19H19IN2O2/c1-12-7-8-15(9-13(12)2)22-11-14(10-18(22)23)19(24)21-17-6-4-3-5-16(17)20/h3-9,14H,10-11H2,1-2H3,(H,21,24)/t14-/m0/s1. The number of anilines is 2. The van der Waals surface area contributed by atoms with Gasteiger partial charge in [-0.3, -0.25) is 9.59 Å². The van der Waals surface area contributed by atoms with Gasteiger partial charge in [0.15, 0.2) is 0 Å². The van der Waals surface area contributed by atoms with E-state index in [4.69, 9.17) is 0 Å². The van der Waals surface area contributed by atoms with Gasteiger partial charge in [-0.15, -0.1) is 0 Å². The summed E-state index contributed by atoms with van der Waals surface area (Å²) >= 11 is 2.19. The van der Waals surface area contributed by atoms with Gasteiger partial charge in [0, 0.05) is 22.2 Å². The number of benzene rings is 2. The van der Waals surface area contributed by atoms with Crippen molar-refractivity contribution in [1.29, 1.82) is 0 Å². The number of hydrogen-bond acceptors (Lipinski definition) is 2. The van der Waals surface area contributed by atoms with Crippen LogP contribution in [0.2, 0.25) is 0 Å². The Bertz CT molecular complexity index is 804. The van der Waals surface area contributed by atoms with Crippen LogP contribution in [0.25, 0.3) is 0 Å². The van der Waals surface area contributed by atoms with Crippen molar-refractivity contribution in [3.63, 3.8) is 0 Å². The molecule has 1 atom stereocenters. The largest absolute Gasteiger partial charge is 0.325 e. The lowest BCUT2D eigenvalue weighted by Gasteiger charge is -2.18. The van der Waals surface area contributed by atoms with E-state index in [1.165, 1.54) is 5.56 Å². The van der Waals surface area contributed by atoms with E-state index < -0.39 is 0 Å². The van der Waals surface area contributed by atoms with Crippen molar-refractivity contribution in [2.75, 3.05) is 16.8 Å². The van der Waals surface area contributed by atoms with Gasteiger partial charge in [0.1, 0.15) is 0 Å². The monoisotopic (exact) mass is 434 g/mol. The van der Waals surface area contributed by atoms with Crippen LogP contribution >= 0.6 is 22.6 Å². The number of aryl methyl sites for hydroxylation is 2. The zero-order valence-electron chi connectivity index (χ0n) is 13.7. The maximum absolute atomic E-state index is 12.5. The molecule has 2 amide bonds. The Morgan fingerprint density at radius 3 is 2.62 bits per heavy atom. The van der Waals surface area contributed by atoms with E-state index in [2.05, 4.69) is 27.9 Å². The molecule has 2 aromatic rings. The summed E-state index contributed by atoms with van der Waals surface area (Å²) in [5.41, 5.74) is 4.00. The molecule has 24 heavy (non-hydrogen) atoms. The van der Waals surface area contributed by atoms with E-state index in [1.807, 2.05) is 56.3 Å². The molecule has 1 saturated heterocycles. The van der Waals surface area contributed by atoms with Gasteiger partial charge in [-0.25, -0.2) is 0 Å². The molecular weight excluding hydrogens is 415 g/mol. The first-order valence-corrected chi connectivity index (χ1v) is 8.96.